The van der Waals surface area contributed by atoms with Crippen molar-refractivity contribution >= 4 is 22.5 Å². The average Bonchev–Trinajstić information content (AvgIpc) is 3.27. The number of aryl methyl sites for hydroxylation is 2. The maximum atomic E-state index is 13.0. The van der Waals surface area contributed by atoms with Gasteiger partial charge in [-0.05, 0) is 61.1 Å². The van der Waals surface area contributed by atoms with E-state index in [-0.39, 0.29) is 17.5 Å². The molecule has 0 saturated carbocycles. The Morgan fingerprint density at radius 1 is 0.967 bits per heavy atom. The molecule has 1 aliphatic rings. The number of carbonyl (C=O) groups is 1. The van der Waals surface area contributed by atoms with E-state index in [2.05, 4.69) is 23.5 Å². The Bertz CT molecular complexity index is 1280. The first-order valence-corrected chi connectivity index (χ1v) is 10.7. The third-order valence-corrected chi connectivity index (χ3v) is 6.14. The molecule has 1 amide bonds. The molecule has 5 heteroatoms. The van der Waals surface area contributed by atoms with E-state index in [4.69, 9.17) is 0 Å². The lowest BCUT2D eigenvalue weighted by Crippen LogP contribution is -2.31. The summed E-state index contributed by atoms with van der Waals surface area (Å²) in [6.45, 7) is 0.524. The number of carbonyl (C=O) groups excluding carboxylic acids is 1. The third kappa shape index (κ3) is 3.30. The molecule has 0 fully saturated rings. The number of hydrogen-bond acceptors (Lipinski definition) is 2. The highest BCUT2D eigenvalue weighted by molar-refractivity contribution is 5.79. The van der Waals surface area contributed by atoms with Crippen LogP contribution >= 0.6 is 0 Å². The lowest BCUT2D eigenvalue weighted by Gasteiger charge is -2.26. The topological polar surface area (TPSA) is 55.5 Å². The van der Waals surface area contributed by atoms with Crippen molar-refractivity contribution in [3.63, 3.8) is 0 Å². The van der Waals surface area contributed by atoms with Gasteiger partial charge in [-0.25, -0.2) is 0 Å². The monoisotopic (exact) mass is 399 g/mol. The van der Waals surface area contributed by atoms with Crippen molar-refractivity contribution in [2.45, 2.75) is 44.7 Å². The second-order valence-electron chi connectivity index (χ2n) is 8.02. The number of benzene rings is 2. The summed E-state index contributed by atoms with van der Waals surface area (Å²) in [7, 11) is 0. The van der Waals surface area contributed by atoms with Gasteiger partial charge in [-0.1, -0.05) is 36.4 Å². The summed E-state index contributed by atoms with van der Waals surface area (Å²) in [5.74, 6) is 0.0535. The van der Waals surface area contributed by atoms with Crippen molar-refractivity contribution in [3.8, 4) is 0 Å². The number of rotatable bonds is 5. The number of para-hydroxylation sites is 2. The summed E-state index contributed by atoms with van der Waals surface area (Å²) in [5, 5.41) is 3.21. The Kier molecular flexibility index (Phi) is 4.87. The molecular formula is C25H25N3O2. The summed E-state index contributed by atoms with van der Waals surface area (Å²) in [4.78, 5) is 25.6. The lowest BCUT2D eigenvalue weighted by atomic mass is 9.87. The van der Waals surface area contributed by atoms with E-state index in [1.807, 2.05) is 53.1 Å². The Morgan fingerprint density at radius 3 is 2.63 bits per heavy atom. The van der Waals surface area contributed by atoms with Gasteiger partial charge in [0.2, 0.25) is 5.91 Å². The van der Waals surface area contributed by atoms with E-state index in [1.165, 1.54) is 11.1 Å². The van der Waals surface area contributed by atoms with Crippen molar-refractivity contribution < 1.29 is 4.79 Å². The van der Waals surface area contributed by atoms with E-state index < -0.39 is 0 Å². The molecule has 152 valence electrons. The first-order valence-electron chi connectivity index (χ1n) is 10.7. The molecule has 4 aromatic rings. The van der Waals surface area contributed by atoms with Gasteiger partial charge in [0, 0.05) is 19.2 Å². The van der Waals surface area contributed by atoms with E-state index in [1.54, 1.807) is 4.57 Å². The van der Waals surface area contributed by atoms with Crippen LogP contribution in [0, 0.1) is 0 Å². The molecule has 2 aromatic heterocycles. The fraction of sp³-hybridized carbons (Fsp3) is 0.280. The fourth-order valence-corrected chi connectivity index (χ4v) is 4.70. The first-order chi connectivity index (χ1) is 14.7. The average molecular weight is 399 g/mol. The van der Waals surface area contributed by atoms with Gasteiger partial charge in [-0.3, -0.25) is 9.59 Å². The zero-order chi connectivity index (χ0) is 20.5. The minimum Gasteiger partial charge on any atom is -0.349 e. The summed E-state index contributed by atoms with van der Waals surface area (Å²) in [6, 6.07) is 20.1. The van der Waals surface area contributed by atoms with Crippen LogP contribution in [0.15, 0.2) is 71.7 Å². The molecule has 0 saturated heterocycles. The van der Waals surface area contributed by atoms with Crippen LogP contribution in [0.1, 0.15) is 42.9 Å². The SMILES string of the molecule is O=C(CCCn1c(=O)c2cccn2c2ccccc21)NC1CCCc2ccccc21. The van der Waals surface area contributed by atoms with Crippen molar-refractivity contribution in [1.29, 1.82) is 0 Å². The molecule has 0 radical (unpaired) electrons. The number of nitrogens with one attached hydrogen (secondary N) is 1. The minimum absolute atomic E-state index is 0.0136. The van der Waals surface area contributed by atoms with Gasteiger partial charge in [-0.2, -0.15) is 0 Å². The molecule has 0 aliphatic heterocycles. The van der Waals surface area contributed by atoms with Crippen LogP contribution in [-0.4, -0.2) is 14.9 Å². The first kappa shape index (κ1) is 18.7. The molecular weight excluding hydrogens is 374 g/mol. The van der Waals surface area contributed by atoms with Gasteiger partial charge >= 0.3 is 0 Å². The number of aromatic nitrogens is 2. The highest BCUT2D eigenvalue weighted by Crippen LogP contribution is 2.29. The summed E-state index contributed by atoms with van der Waals surface area (Å²) >= 11 is 0. The van der Waals surface area contributed by atoms with Crippen LogP contribution in [-0.2, 0) is 17.8 Å². The Balaban J connectivity index is 1.30. The molecule has 1 aliphatic carbocycles. The molecule has 1 unspecified atom stereocenters. The minimum atomic E-state index is -0.0136. The Hall–Kier alpha value is -3.34. The highest BCUT2D eigenvalue weighted by Gasteiger charge is 2.21. The maximum Gasteiger partial charge on any atom is 0.275 e. The van der Waals surface area contributed by atoms with E-state index >= 15 is 0 Å². The van der Waals surface area contributed by atoms with Gasteiger partial charge in [0.05, 0.1) is 17.1 Å². The van der Waals surface area contributed by atoms with E-state index in [0.717, 1.165) is 30.3 Å². The predicted octanol–water partition coefficient (Wildman–Crippen LogP) is 4.23. The highest BCUT2D eigenvalue weighted by atomic mass is 16.1. The molecule has 0 bridgehead atoms. The number of amides is 1. The van der Waals surface area contributed by atoms with Gasteiger partial charge in [0.15, 0.2) is 0 Å². The second-order valence-corrected chi connectivity index (χ2v) is 8.02. The molecule has 30 heavy (non-hydrogen) atoms. The lowest BCUT2D eigenvalue weighted by molar-refractivity contribution is -0.122. The summed E-state index contributed by atoms with van der Waals surface area (Å²) in [6.07, 6.45) is 6.12. The largest absolute Gasteiger partial charge is 0.349 e. The fourth-order valence-electron chi connectivity index (χ4n) is 4.70. The number of hydrogen-bond donors (Lipinski definition) is 1. The van der Waals surface area contributed by atoms with Gasteiger partial charge in [-0.15, -0.1) is 0 Å². The standard InChI is InChI=1S/C25H25N3O2/c29-24(26-20-11-5-9-18-8-1-2-10-19(18)20)15-7-17-28-22-13-4-3-12-21(22)27-16-6-14-23(27)25(28)30/h1-4,6,8,10,12-14,16,20H,5,7,9,11,15,17H2,(H,26,29). The summed E-state index contributed by atoms with van der Waals surface area (Å²) in [5.41, 5.74) is 5.14. The van der Waals surface area contributed by atoms with Crippen molar-refractivity contribution in [1.82, 2.24) is 14.3 Å². The van der Waals surface area contributed by atoms with Gasteiger partial charge in [0.1, 0.15) is 5.52 Å². The molecule has 5 rings (SSSR count). The molecule has 2 aromatic carbocycles. The number of nitrogens with zero attached hydrogens (tertiary/aromatic N) is 2. The number of fused-ring (bicyclic) bond motifs is 4. The van der Waals surface area contributed by atoms with Crippen molar-refractivity contribution in [2.24, 2.45) is 0 Å². The Morgan fingerprint density at radius 2 is 1.73 bits per heavy atom. The molecule has 0 spiro atoms. The molecule has 5 nitrogen and oxygen atoms in total. The van der Waals surface area contributed by atoms with Crippen LogP contribution in [0.2, 0.25) is 0 Å². The second kappa shape index (κ2) is 7.82. The summed E-state index contributed by atoms with van der Waals surface area (Å²) < 4.78 is 3.73. The van der Waals surface area contributed by atoms with Crippen LogP contribution in [0.25, 0.3) is 16.6 Å². The molecule has 2 heterocycles. The van der Waals surface area contributed by atoms with Crippen molar-refractivity contribution in [3.05, 3.63) is 88.3 Å². The quantitative estimate of drug-likeness (QED) is 0.546. The van der Waals surface area contributed by atoms with E-state index in [0.29, 0.717) is 24.9 Å². The predicted molar refractivity (Wildman–Crippen MR) is 119 cm³/mol. The zero-order valence-corrected chi connectivity index (χ0v) is 16.9. The smallest absolute Gasteiger partial charge is 0.275 e. The van der Waals surface area contributed by atoms with E-state index in [9.17, 15) is 9.59 Å². The van der Waals surface area contributed by atoms with Crippen LogP contribution in [0.4, 0.5) is 0 Å². The normalized spacial score (nSPS) is 15.9. The van der Waals surface area contributed by atoms with Crippen LogP contribution in [0.5, 0.6) is 0 Å². The molecule has 1 atom stereocenters. The Labute approximate surface area is 175 Å². The van der Waals surface area contributed by atoms with Gasteiger partial charge < -0.3 is 14.3 Å². The molecule has 1 N–H and O–H groups in total. The maximum absolute atomic E-state index is 13.0. The third-order valence-electron chi connectivity index (χ3n) is 6.14. The zero-order valence-electron chi connectivity index (χ0n) is 16.9. The van der Waals surface area contributed by atoms with Gasteiger partial charge in [0.25, 0.3) is 5.56 Å². The van der Waals surface area contributed by atoms with Crippen LogP contribution < -0.4 is 10.9 Å². The van der Waals surface area contributed by atoms with Crippen molar-refractivity contribution in [2.75, 3.05) is 0 Å². The van der Waals surface area contributed by atoms with Crippen LogP contribution in [0.3, 0.4) is 0 Å².